The largest absolute Gasteiger partial charge is 0.482 e. The first kappa shape index (κ1) is 19.8. The van der Waals surface area contributed by atoms with Crippen molar-refractivity contribution in [2.24, 2.45) is 0 Å². The van der Waals surface area contributed by atoms with Crippen LogP contribution in [0.3, 0.4) is 0 Å². The van der Waals surface area contributed by atoms with Crippen LogP contribution in [0, 0.1) is 0 Å². The molecule has 0 saturated carbocycles. The molecule has 0 atom stereocenters. The summed E-state index contributed by atoms with van der Waals surface area (Å²) in [6.07, 6.45) is 0.291. The second kappa shape index (κ2) is 9.85. The van der Waals surface area contributed by atoms with Crippen molar-refractivity contribution in [1.82, 2.24) is 15.1 Å². The zero-order valence-electron chi connectivity index (χ0n) is 14.3. The van der Waals surface area contributed by atoms with E-state index in [1.54, 1.807) is 18.2 Å². The third kappa shape index (κ3) is 6.38. The molecule has 138 valence electrons. The Balaban J connectivity index is 1.64. The SMILES string of the molecule is CCN1CCN(C(=O)CCNC(=O)COc2ccc(Cl)cc2Cl)CC1. The summed E-state index contributed by atoms with van der Waals surface area (Å²) in [5.41, 5.74) is 0. The first-order valence-electron chi connectivity index (χ1n) is 8.34. The van der Waals surface area contributed by atoms with Crippen molar-refractivity contribution in [3.05, 3.63) is 28.2 Å². The number of carbonyl (C=O) groups excluding carboxylic acids is 2. The number of likely N-dealkylation sites (N-methyl/N-ethyl adjacent to an activating group) is 1. The molecule has 1 saturated heterocycles. The Morgan fingerprint density at radius 2 is 1.92 bits per heavy atom. The number of ether oxygens (including phenoxy) is 1. The van der Waals surface area contributed by atoms with Crippen LogP contribution in [-0.4, -0.2) is 67.5 Å². The Hall–Kier alpha value is -1.50. The quantitative estimate of drug-likeness (QED) is 0.777. The van der Waals surface area contributed by atoms with Gasteiger partial charge in [0.25, 0.3) is 5.91 Å². The highest BCUT2D eigenvalue weighted by atomic mass is 35.5. The van der Waals surface area contributed by atoms with Crippen molar-refractivity contribution < 1.29 is 14.3 Å². The second-order valence-corrected chi connectivity index (χ2v) is 6.62. The van der Waals surface area contributed by atoms with Crippen LogP contribution in [0.15, 0.2) is 18.2 Å². The molecule has 1 aliphatic heterocycles. The number of piperazine rings is 1. The summed E-state index contributed by atoms with van der Waals surface area (Å²) in [7, 11) is 0. The maximum Gasteiger partial charge on any atom is 0.257 e. The first-order chi connectivity index (χ1) is 12.0. The minimum absolute atomic E-state index is 0.0673. The van der Waals surface area contributed by atoms with Gasteiger partial charge in [-0.2, -0.15) is 0 Å². The average Bonchev–Trinajstić information content (AvgIpc) is 2.61. The van der Waals surface area contributed by atoms with E-state index in [-0.39, 0.29) is 18.4 Å². The van der Waals surface area contributed by atoms with Crippen molar-refractivity contribution in [2.75, 3.05) is 45.9 Å². The maximum absolute atomic E-state index is 12.1. The minimum Gasteiger partial charge on any atom is -0.482 e. The van der Waals surface area contributed by atoms with E-state index in [2.05, 4.69) is 17.1 Å². The van der Waals surface area contributed by atoms with E-state index in [0.29, 0.717) is 28.8 Å². The lowest BCUT2D eigenvalue weighted by molar-refractivity contribution is -0.133. The van der Waals surface area contributed by atoms with Crippen molar-refractivity contribution in [3.8, 4) is 5.75 Å². The van der Waals surface area contributed by atoms with E-state index in [4.69, 9.17) is 27.9 Å². The molecule has 25 heavy (non-hydrogen) atoms. The highest BCUT2D eigenvalue weighted by Crippen LogP contribution is 2.27. The number of benzene rings is 1. The number of carbonyl (C=O) groups is 2. The van der Waals surface area contributed by atoms with Gasteiger partial charge in [-0.25, -0.2) is 0 Å². The van der Waals surface area contributed by atoms with E-state index in [1.165, 1.54) is 0 Å². The molecule has 0 bridgehead atoms. The van der Waals surface area contributed by atoms with Crippen LogP contribution in [0.1, 0.15) is 13.3 Å². The molecule has 0 aromatic heterocycles. The third-order valence-corrected chi connectivity index (χ3v) is 4.62. The fourth-order valence-electron chi connectivity index (χ4n) is 2.57. The van der Waals surface area contributed by atoms with Crippen LogP contribution in [0.25, 0.3) is 0 Å². The molecular formula is C17H23Cl2N3O3. The standard InChI is InChI=1S/C17H23Cl2N3O3/c1-2-21-7-9-22(10-8-21)17(24)5-6-20-16(23)12-25-15-4-3-13(18)11-14(15)19/h3-4,11H,2,5-10,12H2,1H3,(H,20,23). The van der Waals surface area contributed by atoms with Gasteiger partial charge in [-0.1, -0.05) is 30.1 Å². The number of hydrogen-bond acceptors (Lipinski definition) is 4. The zero-order valence-corrected chi connectivity index (χ0v) is 15.8. The van der Waals surface area contributed by atoms with E-state index in [9.17, 15) is 9.59 Å². The van der Waals surface area contributed by atoms with Gasteiger partial charge in [-0.15, -0.1) is 0 Å². The van der Waals surface area contributed by atoms with Gasteiger partial charge in [-0.3, -0.25) is 9.59 Å². The zero-order chi connectivity index (χ0) is 18.2. The van der Waals surface area contributed by atoms with Gasteiger partial charge < -0.3 is 19.9 Å². The number of amides is 2. The Morgan fingerprint density at radius 1 is 1.20 bits per heavy atom. The lowest BCUT2D eigenvalue weighted by Crippen LogP contribution is -2.49. The summed E-state index contributed by atoms with van der Waals surface area (Å²) < 4.78 is 5.35. The highest BCUT2D eigenvalue weighted by molar-refractivity contribution is 6.35. The van der Waals surface area contributed by atoms with E-state index >= 15 is 0 Å². The van der Waals surface area contributed by atoms with Crippen molar-refractivity contribution >= 4 is 35.0 Å². The molecule has 0 spiro atoms. The lowest BCUT2D eigenvalue weighted by atomic mass is 10.2. The Labute approximate surface area is 158 Å². The lowest BCUT2D eigenvalue weighted by Gasteiger charge is -2.34. The highest BCUT2D eigenvalue weighted by Gasteiger charge is 2.19. The van der Waals surface area contributed by atoms with Crippen LogP contribution in [0.4, 0.5) is 0 Å². The van der Waals surface area contributed by atoms with Crippen LogP contribution in [0.5, 0.6) is 5.75 Å². The summed E-state index contributed by atoms with van der Waals surface area (Å²) in [6, 6.07) is 4.79. The van der Waals surface area contributed by atoms with E-state index in [0.717, 1.165) is 32.7 Å². The maximum atomic E-state index is 12.1. The predicted octanol–water partition coefficient (Wildman–Crippen LogP) is 2.04. The van der Waals surface area contributed by atoms with Crippen molar-refractivity contribution in [1.29, 1.82) is 0 Å². The first-order valence-corrected chi connectivity index (χ1v) is 9.10. The number of halogens is 2. The summed E-state index contributed by atoms with van der Waals surface area (Å²) >= 11 is 11.8. The third-order valence-electron chi connectivity index (χ3n) is 4.09. The number of hydrogen-bond donors (Lipinski definition) is 1. The second-order valence-electron chi connectivity index (χ2n) is 5.78. The molecule has 0 radical (unpaired) electrons. The molecule has 6 nitrogen and oxygen atoms in total. The molecule has 1 N–H and O–H groups in total. The fraction of sp³-hybridized carbons (Fsp3) is 0.529. The monoisotopic (exact) mass is 387 g/mol. The topological polar surface area (TPSA) is 61.9 Å². The molecule has 1 heterocycles. The Kier molecular flexibility index (Phi) is 7.81. The van der Waals surface area contributed by atoms with Gasteiger partial charge in [0.2, 0.25) is 5.91 Å². The van der Waals surface area contributed by atoms with Crippen molar-refractivity contribution in [2.45, 2.75) is 13.3 Å². The van der Waals surface area contributed by atoms with E-state index in [1.807, 2.05) is 4.90 Å². The van der Waals surface area contributed by atoms with Crippen LogP contribution >= 0.6 is 23.2 Å². The molecule has 2 rings (SSSR count). The normalized spacial score (nSPS) is 15.1. The number of nitrogens with zero attached hydrogens (tertiary/aromatic N) is 2. The molecule has 1 aliphatic rings. The predicted molar refractivity (Wildman–Crippen MR) is 98.3 cm³/mol. The van der Waals surface area contributed by atoms with Crippen LogP contribution in [-0.2, 0) is 9.59 Å². The average molecular weight is 388 g/mol. The molecule has 0 unspecified atom stereocenters. The molecule has 1 aromatic carbocycles. The summed E-state index contributed by atoms with van der Waals surface area (Å²) in [5, 5.41) is 3.53. The number of nitrogens with one attached hydrogen (secondary N) is 1. The van der Waals surface area contributed by atoms with Gasteiger partial charge in [-0.05, 0) is 24.7 Å². The smallest absolute Gasteiger partial charge is 0.257 e. The summed E-state index contributed by atoms with van der Waals surface area (Å²) in [4.78, 5) is 28.1. The van der Waals surface area contributed by atoms with Gasteiger partial charge in [0.05, 0.1) is 5.02 Å². The fourth-order valence-corrected chi connectivity index (χ4v) is 3.03. The van der Waals surface area contributed by atoms with Gasteiger partial charge in [0, 0.05) is 44.2 Å². The Bertz CT molecular complexity index is 605. The van der Waals surface area contributed by atoms with Gasteiger partial charge in [0.15, 0.2) is 6.61 Å². The van der Waals surface area contributed by atoms with Crippen LogP contribution in [0.2, 0.25) is 10.0 Å². The molecule has 0 aliphatic carbocycles. The molecular weight excluding hydrogens is 365 g/mol. The Morgan fingerprint density at radius 3 is 2.56 bits per heavy atom. The number of rotatable bonds is 7. The van der Waals surface area contributed by atoms with Gasteiger partial charge in [0.1, 0.15) is 5.75 Å². The summed E-state index contributed by atoms with van der Waals surface area (Å²) in [5.74, 6) is 0.165. The van der Waals surface area contributed by atoms with Gasteiger partial charge >= 0.3 is 0 Å². The molecule has 1 fully saturated rings. The molecule has 8 heteroatoms. The minimum atomic E-state index is -0.297. The van der Waals surface area contributed by atoms with Crippen molar-refractivity contribution in [3.63, 3.8) is 0 Å². The van der Waals surface area contributed by atoms with E-state index < -0.39 is 0 Å². The van der Waals surface area contributed by atoms with Crippen LogP contribution < -0.4 is 10.1 Å². The summed E-state index contributed by atoms with van der Waals surface area (Å²) in [6.45, 7) is 6.57. The molecule has 1 aromatic rings. The molecule has 2 amide bonds.